The summed E-state index contributed by atoms with van der Waals surface area (Å²) in [7, 11) is 1.46. The first-order chi connectivity index (χ1) is 15.6. The molecule has 2 unspecified atom stereocenters. The van der Waals surface area contributed by atoms with Crippen LogP contribution in [0.4, 0.5) is 10.2 Å². The van der Waals surface area contributed by atoms with E-state index in [0.29, 0.717) is 22.3 Å². The molecule has 3 N–H and O–H groups in total. The third-order valence-electron chi connectivity index (χ3n) is 5.98. The summed E-state index contributed by atoms with van der Waals surface area (Å²) >= 11 is 0. The summed E-state index contributed by atoms with van der Waals surface area (Å²) in [5.74, 6) is 2.64. The number of pyridine rings is 1. The summed E-state index contributed by atoms with van der Waals surface area (Å²) in [6.45, 7) is 0. The summed E-state index contributed by atoms with van der Waals surface area (Å²) in [4.78, 5) is 13.2. The number of hydrogen-bond donors (Lipinski definition) is 2. The number of halogens is 1. The van der Waals surface area contributed by atoms with Crippen LogP contribution in [0.15, 0.2) is 42.6 Å². The molecule has 160 valence electrons. The lowest BCUT2D eigenvalue weighted by Crippen LogP contribution is -2.21. The van der Waals surface area contributed by atoms with Crippen molar-refractivity contribution in [1.82, 2.24) is 15.0 Å². The maximum absolute atomic E-state index is 15.9. The molecule has 5 rings (SSSR count). The first-order valence-electron chi connectivity index (χ1n) is 10.5. The fourth-order valence-corrected chi connectivity index (χ4v) is 4.42. The van der Waals surface area contributed by atoms with E-state index in [1.54, 1.807) is 6.20 Å². The van der Waals surface area contributed by atoms with Crippen molar-refractivity contribution < 1.29 is 9.13 Å². The summed E-state index contributed by atoms with van der Waals surface area (Å²) in [6, 6.07) is 11.7. The normalized spacial score (nSPS) is 18.1. The number of anilines is 1. The van der Waals surface area contributed by atoms with Crippen molar-refractivity contribution in [2.45, 2.75) is 31.3 Å². The van der Waals surface area contributed by atoms with Crippen molar-refractivity contribution in [2.75, 3.05) is 12.4 Å². The van der Waals surface area contributed by atoms with E-state index in [2.05, 4.69) is 26.2 Å². The van der Waals surface area contributed by atoms with Gasteiger partial charge in [-0.3, -0.25) is 4.98 Å². The number of aromatic nitrogens is 3. The Morgan fingerprint density at radius 3 is 2.72 bits per heavy atom. The molecule has 2 heterocycles. The van der Waals surface area contributed by atoms with Crippen molar-refractivity contribution in [2.24, 2.45) is 5.73 Å². The molecule has 2 aromatic heterocycles. The number of nitrogens with zero attached hydrogens (tertiary/aromatic N) is 3. The molecule has 1 fully saturated rings. The second-order valence-electron chi connectivity index (χ2n) is 8.01. The van der Waals surface area contributed by atoms with E-state index in [1.165, 1.54) is 7.11 Å². The summed E-state index contributed by atoms with van der Waals surface area (Å²) in [5, 5.41) is 5.57. The highest BCUT2D eigenvalue weighted by atomic mass is 19.1. The van der Waals surface area contributed by atoms with Crippen LogP contribution in [-0.4, -0.2) is 34.1 Å². The lowest BCUT2D eigenvalue weighted by Gasteiger charge is -2.16. The van der Waals surface area contributed by atoms with Crippen LogP contribution >= 0.6 is 0 Å². The second kappa shape index (κ2) is 8.06. The number of rotatable bonds is 4. The summed E-state index contributed by atoms with van der Waals surface area (Å²) < 4.78 is 21.1. The van der Waals surface area contributed by atoms with Crippen molar-refractivity contribution in [1.29, 1.82) is 0 Å². The maximum atomic E-state index is 15.9. The Hall–Kier alpha value is -3.76. The molecule has 0 amide bonds. The molecule has 0 bridgehead atoms. The molecule has 1 saturated carbocycles. The first-order valence-corrected chi connectivity index (χ1v) is 10.5. The predicted molar refractivity (Wildman–Crippen MR) is 124 cm³/mol. The Morgan fingerprint density at radius 2 is 2.00 bits per heavy atom. The van der Waals surface area contributed by atoms with E-state index in [1.807, 2.05) is 36.4 Å². The molecular formula is C25H22FN5O. The predicted octanol–water partition coefficient (Wildman–Crippen LogP) is 4.27. The van der Waals surface area contributed by atoms with Gasteiger partial charge in [0.1, 0.15) is 17.0 Å². The van der Waals surface area contributed by atoms with E-state index < -0.39 is 5.82 Å². The fraction of sp³-hybridized carbons (Fsp3) is 0.240. The lowest BCUT2D eigenvalue weighted by atomic mass is 9.97. The number of ether oxygens (including phenoxy) is 1. The van der Waals surface area contributed by atoms with Gasteiger partial charge in [-0.05, 0) is 30.7 Å². The van der Waals surface area contributed by atoms with E-state index in [4.69, 9.17) is 16.9 Å². The number of hydrogen-bond acceptors (Lipinski definition) is 6. The molecule has 2 aromatic carbocycles. The smallest absolute Gasteiger partial charge is 0.318 e. The topological polar surface area (TPSA) is 86.0 Å². The summed E-state index contributed by atoms with van der Waals surface area (Å²) in [6.07, 6.45) is 10.0. The van der Waals surface area contributed by atoms with Gasteiger partial charge in [-0.25, -0.2) is 4.39 Å². The van der Waals surface area contributed by atoms with Crippen molar-refractivity contribution in [3.63, 3.8) is 0 Å². The van der Waals surface area contributed by atoms with Gasteiger partial charge in [0.15, 0.2) is 5.82 Å². The van der Waals surface area contributed by atoms with Gasteiger partial charge in [-0.2, -0.15) is 9.97 Å². The quantitative estimate of drug-likeness (QED) is 0.473. The van der Waals surface area contributed by atoms with Crippen molar-refractivity contribution in [3.05, 3.63) is 54.0 Å². The van der Waals surface area contributed by atoms with E-state index in [0.717, 1.165) is 30.0 Å². The average molecular weight is 427 g/mol. The molecule has 0 saturated heterocycles. The summed E-state index contributed by atoms with van der Waals surface area (Å²) in [5.41, 5.74) is 7.66. The molecule has 0 radical (unpaired) electrons. The third-order valence-corrected chi connectivity index (χ3v) is 5.98. The van der Waals surface area contributed by atoms with Crippen LogP contribution < -0.4 is 15.8 Å². The number of terminal acetylenes is 1. The molecule has 7 heteroatoms. The van der Waals surface area contributed by atoms with Crippen LogP contribution in [0.1, 0.15) is 24.8 Å². The van der Waals surface area contributed by atoms with Crippen LogP contribution in [-0.2, 0) is 0 Å². The zero-order valence-corrected chi connectivity index (χ0v) is 17.6. The molecule has 2 atom stereocenters. The lowest BCUT2D eigenvalue weighted by molar-refractivity contribution is 0.381. The van der Waals surface area contributed by atoms with Gasteiger partial charge in [0.25, 0.3) is 0 Å². The minimum absolute atomic E-state index is 0.0839. The highest BCUT2D eigenvalue weighted by molar-refractivity contribution is 6.01. The third kappa shape index (κ3) is 3.39. The zero-order valence-electron chi connectivity index (χ0n) is 17.6. The first kappa shape index (κ1) is 20.2. The molecule has 0 spiro atoms. The second-order valence-corrected chi connectivity index (χ2v) is 8.01. The fourth-order valence-electron chi connectivity index (χ4n) is 4.42. The highest BCUT2D eigenvalue weighted by Gasteiger charge is 2.24. The van der Waals surface area contributed by atoms with Crippen LogP contribution in [0.25, 0.3) is 32.9 Å². The maximum Gasteiger partial charge on any atom is 0.318 e. The van der Waals surface area contributed by atoms with Crippen LogP contribution in [0.5, 0.6) is 6.01 Å². The van der Waals surface area contributed by atoms with Crippen molar-refractivity contribution in [3.8, 4) is 29.6 Å². The monoisotopic (exact) mass is 427 g/mol. The number of nitrogens with two attached hydrogens (primary N) is 1. The number of methoxy groups -OCH3 is 1. The van der Waals surface area contributed by atoms with Gasteiger partial charge < -0.3 is 15.8 Å². The highest BCUT2D eigenvalue weighted by Crippen LogP contribution is 2.35. The standard InChI is InChI=1S/C25H22FN5O/c1-3-14-6-4-7-15-8-5-9-18(20(14)15)22-21(26)23-19(13-28-22)24(31-25(30-23)32-2)29-17-11-10-16(27)12-17/h1,4-9,13,16-17H,10-12,27H2,2H3,(H,29,30,31). The molecule has 6 nitrogen and oxygen atoms in total. The minimum Gasteiger partial charge on any atom is -0.467 e. The Morgan fingerprint density at radius 1 is 1.19 bits per heavy atom. The van der Waals surface area contributed by atoms with E-state index in [-0.39, 0.29) is 29.3 Å². The Labute approximate surface area is 185 Å². The molecule has 32 heavy (non-hydrogen) atoms. The molecule has 1 aliphatic carbocycles. The van der Waals surface area contributed by atoms with Gasteiger partial charge in [0, 0.05) is 34.8 Å². The van der Waals surface area contributed by atoms with Crippen molar-refractivity contribution >= 4 is 27.5 Å². The number of benzene rings is 2. The largest absolute Gasteiger partial charge is 0.467 e. The van der Waals surface area contributed by atoms with E-state index in [9.17, 15) is 0 Å². The Balaban J connectivity index is 1.70. The zero-order chi connectivity index (χ0) is 22.2. The molecule has 0 aliphatic heterocycles. The molecule has 1 aliphatic rings. The van der Waals surface area contributed by atoms with Gasteiger partial charge in [0.2, 0.25) is 0 Å². The van der Waals surface area contributed by atoms with Gasteiger partial charge in [0.05, 0.1) is 12.5 Å². The van der Waals surface area contributed by atoms with E-state index >= 15 is 4.39 Å². The number of nitrogens with one attached hydrogen (secondary N) is 1. The van der Waals surface area contributed by atoms with Crippen LogP contribution in [0.2, 0.25) is 0 Å². The molecule has 4 aromatic rings. The van der Waals surface area contributed by atoms with Crippen LogP contribution in [0, 0.1) is 18.2 Å². The SMILES string of the molecule is C#Cc1cccc2cccc(-c3ncc4c(NC5CCC(N)C5)nc(OC)nc4c3F)c12. The Bertz CT molecular complexity index is 1380. The van der Waals surface area contributed by atoms with Gasteiger partial charge in [-0.15, -0.1) is 6.42 Å². The minimum atomic E-state index is -0.548. The van der Waals surface area contributed by atoms with Gasteiger partial charge in [-0.1, -0.05) is 36.3 Å². The van der Waals surface area contributed by atoms with Gasteiger partial charge >= 0.3 is 6.01 Å². The Kier molecular flexibility index (Phi) is 5.08. The number of fused-ring (bicyclic) bond motifs is 2. The average Bonchev–Trinajstić information content (AvgIpc) is 3.23. The van der Waals surface area contributed by atoms with Crippen LogP contribution in [0.3, 0.4) is 0 Å². The molecular weight excluding hydrogens is 405 g/mol.